The highest BCUT2D eigenvalue weighted by Gasteiger charge is 2.47. The predicted molar refractivity (Wildman–Crippen MR) is 101 cm³/mol. The molecule has 3 aliphatic rings. The summed E-state index contributed by atoms with van der Waals surface area (Å²) in [6, 6.07) is 6.71. The Morgan fingerprint density at radius 2 is 1.96 bits per heavy atom. The number of fused-ring (bicyclic) bond motifs is 3. The number of hydrogen-bond donors (Lipinski definition) is 1. The van der Waals surface area contributed by atoms with Gasteiger partial charge in [0.2, 0.25) is 5.91 Å². The molecule has 0 spiro atoms. The molecule has 0 radical (unpaired) electrons. The van der Waals surface area contributed by atoms with Crippen LogP contribution in [-0.4, -0.2) is 47.7 Å². The van der Waals surface area contributed by atoms with Crippen LogP contribution >= 0.6 is 0 Å². The maximum Gasteiger partial charge on any atom is 0.410 e. The third kappa shape index (κ3) is 2.63. The third-order valence-electron chi connectivity index (χ3n) is 5.69. The van der Waals surface area contributed by atoms with E-state index in [0.29, 0.717) is 12.6 Å². The van der Waals surface area contributed by atoms with Gasteiger partial charge in [0.1, 0.15) is 5.60 Å². The fraction of sp³-hybridized carbons (Fsp3) is 0.600. The molecule has 1 aromatic carbocycles. The van der Waals surface area contributed by atoms with Crippen LogP contribution in [-0.2, 0) is 14.9 Å². The lowest BCUT2D eigenvalue weighted by Crippen LogP contribution is -2.50. The summed E-state index contributed by atoms with van der Waals surface area (Å²) in [6.45, 7) is 11.1. The molecule has 1 N–H and O–H groups in total. The number of amides is 2. The van der Waals surface area contributed by atoms with Crippen LogP contribution in [0.1, 0.15) is 46.6 Å². The minimum atomic E-state index is -0.481. The molecule has 6 nitrogen and oxygen atoms in total. The molecule has 2 fully saturated rings. The van der Waals surface area contributed by atoms with Crippen molar-refractivity contribution in [2.45, 2.75) is 64.1 Å². The molecule has 2 unspecified atom stereocenters. The van der Waals surface area contributed by atoms with Gasteiger partial charge in [0.05, 0.1) is 11.5 Å². The number of benzene rings is 1. The van der Waals surface area contributed by atoms with Crippen LogP contribution in [0.15, 0.2) is 18.2 Å². The number of carbonyl (C=O) groups is 2. The average molecular weight is 357 g/mol. The highest BCUT2D eigenvalue weighted by atomic mass is 16.6. The Balaban J connectivity index is 1.49. The van der Waals surface area contributed by atoms with Gasteiger partial charge in [0.25, 0.3) is 0 Å². The maximum atomic E-state index is 12.4. The molecule has 2 atom stereocenters. The largest absolute Gasteiger partial charge is 0.444 e. The Kier molecular flexibility index (Phi) is 3.56. The number of piperazine rings is 1. The van der Waals surface area contributed by atoms with E-state index in [9.17, 15) is 9.59 Å². The quantitative estimate of drug-likeness (QED) is 0.839. The number of nitrogens with zero attached hydrogens (tertiary/aromatic N) is 2. The van der Waals surface area contributed by atoms with E-state index in [1.165, 1.54) is 0 Å². The minimum Gasteiger partial charge on any atom is -0.444 e. The molecular formula is C20H27N3O3. The van der Waals surface area contributed by atoms with Crippen LogP contribution in [0.3, 0.4) is 0 Å². The van der Waals surface area contributed by atoms with E-state index in [1.807, 2.05) is 39.5 Å². The van der Waals surface area contributed by atoms with Crippen molar-refractivity contribution >= 4 is 23.4 Å². The molecule has 4 rings (SSSR count). The minimum absolute atomic E-state index is 0.0451. The lowest BCUT2D eigenvalue weighted by molar-refractivity contribution is -0.119. The van der Waals surface area contributed by atoms with Crippen LogP contribution < -0.4 is 10.2 Å². The zero-order chi connectivity index (χ0) is 18.9. The number of carbonyl (C=O) groups excluding carboxylic acids is 2. The highest BCUT2D eigenvalue weighted by Crippen LogP contribution is 2.42. The first kappa shape index (κ1) is 17.2. The fourth-order valence-corrected chi connectivity index (χ4v) is 4.29. The summed E-state index contributed by atoms with van der Waals surface area (Å²) in [7, 11) is 0. The number of nitrogens with one attached hydrogen (secondary N) is 1. The lowest BCUT2D eigenvalue weighted by Gasteiger charge is -2.36. The molecule has 140 valence electrons. The number of rotatable bonds is 1. The Labute approximate surface area is 154 Å². The number of likely N-dealkylation sites (tertiary alicyclic amines) is 1. The second-order valence-corrected chi connectivity index (χ2v) is 9.14. The van der Waals surface area contributed by atoms with Crippen molar-refractivity contribution in [3.63, 3.8) is 0 Å². The summed E-state index contributed by atoms with van der Waals surface area (Å²) in [5.41, 5.74) is 2.11. The van der Waals surface area contributed by atoms with E-state index in [0.717, 1.165) is 29.9 Å². The monoisotopic (exact) mass is 357 g/mol. The Hall–Kier alpha value is -2.24. The molecule has 26 heavy (non-hydrogen) atoms. The van der Waals surface area contributed by atoms with Crippen LogP contribution in [0.5, 0.6) is 0 Å². The lowest BCUT2D eigenvalue weighted by atomic mass is 9.86. The summed E-state index contributed by atoms with van der Waals surface area (Å²) < 4.78 is 5.53. The topological polar surface area (TPSA) is 61.9 Å². The molecule has 0 aliphatic carbocycles. The van der Waals surface area contributed by atoms with E-state index in [1.54, 1.807) is 0 Å². The van der Waals surface area contributed by atoms with Crippen LogP contribution in [0.2, 0.25) is 0 Å². The Morgan fingerprint density at radius 3 is 2.58 bits per heavy atom. The van der Waals surface area contributed by atoms with Gasteiger partial charge in [-0.2, -0.15) is 0 Å². The molecule has 1 aromatic rings. The van der Waals surface area contributed by atoms with Crippen molar-refractivity contribution < 1.29 is 14.3 Å². The second-order valence-electron chi connectivity index (χ2n) is 9.14. The van der Waals surface area contributed by atoms with Crippen molar-refractivity contribution in [1.29, 1.82) is 0 Å². The standard InChI is InChI=1S/C20H27N3O3/c1-19(2,3)26-18(25)23-11-13-8-14(23)10-22(13)12-6-7-15-16(9-12)21-17(24)20(15,4)5/h6-7,9,13-14H,8,10-11H2,1-5H3,(H,21,24). The van der Waals surface area contributed by atoms with Gasteiger partial charge in [-0.05, 0) is 58.7 Å². The van der Waals surface area contributed by atoms with Crippen molar-refractivity contribution in [3.05, 3.63) is 23.8 Å². The molecule has 2 saturated heterocycles. The van der Waals surface area contributed by atoms with E-state index >= 15 is 0 Å². The van der Waals surface area contributed by atoms with E-state index in [4.69, 9.17) is 4.74 Å². The first-order valence-corrected chi connectivity index (χ1v) is 9.28. The smallest absolute Gasteiger partial charge is 0.410 e. The highest BCUT2D eigenvalue weighted by molar-refractivity contribution is 6.06. The number of hydrogen-bond acceptors (Lipinski definition) is 4. The maximum absolute atomic E-state index is 12.4. The van der Waals surface area contributed by atoms with Gasteiger partial charge in [0, 0.05) is 30.5 Å². The summed E-state index contributed by atoms with van der Waals surface area (Å²) >= 11 is 0. The Morgan fingerprint density at radius 1 is 1.23 bits per heavy atom. The molecule has 2 amide bonds. The summed E-state index contributed by atoms with van der Waals surface area (Å²) in [5.74, 6) is 0.0451. The van der Waals surface area contributed by atoms with Crippen molar-refractivity contribution in [1.82, 2.24) is 4.90 Å². The third-order valence-corrected chi connectivity index (χ3v) is 5.69. The predicted octanol–water partition coefficient (Wildman–Crippen LogP) is 3.11. The Bertz CT molecular complexity index is 781. The van der Waals surface area contributed by atoms with E-state index in [-0.39, 0.29) is 18.0 Å². The molecular weight excluding hydrogens is 330 g/mol. The molecule has 6 heteroatoms. The normalized spacial score (nSPS) is 26.1. The molecule has 0 aromatic heterocycles. The van der Waals surface area contributed by atoms with Gasteiger partial charge in [-0.25, -0.2) is 4.79 Å². The van der Waals surface area contributed by atoms with Crippen molar-refractivity contribution in [2.75, 3.05) is 23.3 Å². The van der Waals surface area contributed by atoms with E-state index in [2.05, 4.69) is 28.4 Å². The molecule has 0 saturated carbocycles. The molecule has 3 aliphatic heterocycles. The van der Waals surface area contributed by atoms with Crippen LogP contribution in [0.4, 0.5) is 16.2 Å². The van der Waals surface area contributed by atoms with Gasteiger partial charge in [0.15, 0.2) is 0 Å². The van der Waals surface area contributed by atoms with Crippen LogP contribution in [0, 0.1) is 0 Å². The van der Waals surface area contributed by atoms with E-state index < -0.39 is 11.0 Å². The zero-order valence-electron chi connectivity index (χ0n) is 16.1. The van der Waals surface area contributed by atoms with Gasteiger partial charge in [-0.15, -0.1) is 0 Å². The van der Waals surface area contributed by atoms with Gasteiger partial charge < -0.3 is 19.9 Å². The SMILES string of the molecule is CC(C)(C)OC(=O)N1CC2CC1CN2c1ccc2c(c1)NC(=O)C2(C)C. The van der Waals surface area contributed by atoms with Crippen molar-refractivity contribution in [3.8, 4) is 0 Å². The molecule has 3 heterocycles. The average Bonchev–Trinajstić information content (AvgIpc) is 3.18. The summed E-state index contributed by atoms with van der Waals surface area (Å²) in [4.78, 5) is 28.8. The number of ether oxygens (including phenoxy) is 1. The first-order chi connectivity index (χ1) is 12.1. The summed E-state index contributed by atoms with van der Waals surface area (Å²) in [5, 5.41) is 3.00. The first-order valence-electron chi connectivity index (χ1n) is 9.28. The zero-order valence-corrected chi connectivity index (χ0v) is 16.1. The molecule has 2 bridgehead atoms. The summed E-state index contributed by atoms with van der Waals surface area (Å²) in [6.07, 6.45) is 0.751. The van der Waals surface area contributed by atoms with Crippen molar-refractivity contribution in [2.24, 2.45) is 0 Å². The number of anilines is 2. The fourth-order valence-electron chi connectivity index (χ4n) is 4.29. The van der Waals surface area contributed by atoms with Gasteiger partial charge >= 0.3 is 6.09 Å². The second kappa shape index (κ2) is 5.38. The van der Waals surface area contributed by atoms with Crippen LogP contribution in [0.25, 0.3) is 0 Å². The van der Waals surface area contributed by atoms with Gasteiger partial charge in [-0.1, -0.05) is 6.07 Å². The van der Waals surface area contributed by atoms with Gasteiger partial charge in [-0.3, -0.25) is 4.79 Å².